The van der Waals surface area contributed by atoms with Crippen molar-refractivity contribution in [3.8, 4) is 6.07 Å². The Morgan fingerprint density at radius 2 is 1.94 bits per heavy atom. The van der Waals surface area contributed by atoms with Crippen LogP contribution in [0.3, 0.4) is 0 Å². The summed E-state index contributed by atoms with van der Waals surface area (Å²) in [5.41, 5.74) is 3.16. The minimum absolute atomic E-state index is 0.160. The molecule has 0 heterocycles. The lowest BCUT2D eigenvalue weighted by Gasteiger charge is -2.07. The van der Waals surface area contributed by atoms with Gasteiger partial charge in [-0.2, -0.15) is 5.26 Å². The second kappa shape index (κ2) is 4.96. The van der Waals surface area contributed by atoms with Crippen molar-refractivity contribution >= 4 is 5.57 Å². The summed E-state index contributed by atoms with van der Waals surface area (Å²) < 4.78 is 0. The highest BCUT2D eigenvalue weighted by Crippen LogP contribution is 2.26. The second-order valence-electron chi connectivity index (χ2n) is 4.19. The van der Waals surface area contributed by atoms with Gasteiger partial charge in [-0.3, -0.25) is 0 Å². The van der Waals surface area contributed by atoms with E-state index in [2.05, 4.69) is 12.1 Å². The van der Waals surface area contributed by atoms with Crippen LogP contribution in [0.1, 0.15) is 36.8 Å². The third kappa shape index (κ3) is 2.50. The van der Waals surface area contributed by atoms with Crippen molar-refractivity contribution in [1.82, 2.24) is 0 Å². The molecule has 0 spiro atoms. The molecule has 16 heavy (non-hydrogen) atoms. The van der Waals surface area contributed by atoms with E-state index in [0.29, 0.717) is 5.56 Å². The van der Waals surface area contributed by atoms with Crippen LogP contribution in [0.5, 0.6) is 0 Å². The Kier molecular flexibility index (Phi) is 3.38. The van der Waals surface area contributed by atoms with Crippen LogP contribution >= 0.6 is 0 Å². The van der Waals surface area contributed by atoms with Gasteiger partial charge in [-0.25, -0.2) is 0 Å². The molecule has 2 heteroatoms. The standard InChI is InChI=1S/C14H15NO/c15-10-11-4-6-13(7-5-11)12-2-1-3-14(16)9-8-12/h2,4-7,14,16H,1,3,8-9H2. The summed E-state index contributed by atoms with van der Waals surface area (Å²) >= 11 is 0. The van der Waals surface area contributed by atoms with Gasteiger partial charge in [0.25, 0.3) is 0 Å². The molecule has 0 bridgehead atoms. The number of benzene rings is 1. The van der Waals surface area contributed by atoms with E-state index in [1.807, 2.05) is 24.3 Å². The highest BCUT2D eigenvalue weighted by molar-refractivity contribution is 5.66. The van der Waals surface area contributed by atoms with E-state index in [1.165, 1.54) is 11.1 Å². The van der Waals surface area contributed by atoms with Gasteiger partial charge in [0.05, 0.1) is 17.7 Å². The summed E-state index contributed by atoms with van der Waals surface area (Å²) in [6.45, 7) is 0. The Morgan fingerprint density at radius 1 is 1.19 bits per heavy atom. The molecule has 0 aromatic heterocycles. The highest BCUT2D eigenvalue weighted by atomic mass is 16.3. The first-order valence-electron chi connectivity index (χ1n) is 5.67. The molecule has 0 saturated heterocycles. The monoisotopic (exact) mass is 213 g/mol. The molecule has 2 nitrogen and oxygen atoms in total. The van der Waals surface area contributed by atoms with E-state index in [0.717, 1.165) is 25.7 Å². The molecule has 1 N–H and O–H groups in total. The third-order valence-corrected chi connectivity index (χ3v) is 3.02. The lowest BCUT2D eigenvalue weighted by Crippen LogP contribution is -2.03. The van der Waals surface area contributed by atoms with Gasteiger partial charge in [-0.15, -0.1) is 0 Å². The smallest absolute Gasteiger partial charge is 0.0991 e. The predicted molar refractivity (Wildman–Crippen MR) is 63.6 cm³/mol. The molecule has 2 rings (SSSR count). The van der Waals surface area contributed by atoms with E-state index in [9.17, 15) is 5.11 Å². The Hall–Kier alpha value is -1.59. The molecule has 0 aliphatic heterocycles. The summed E-state index contributed by atoms with van der Waals surface area (Å²) in [6.07, 6.45) is 5.61. The quantitative estimate of drug-likeness (QED) is 0.779. The lowest BCUT2D eigenvalue weighted by atomic mass is 10.00. The molecule has 1 unspecified atom stereocenters. The number of rotatable bonds is 1. The van der Waals surface area contributed by atoms with E-state index in [4.69, 9.17) is 5.26 Å². The SMILES string of the molecule is N#Cc1ccc(C2=CCCC(O)CC2)cc1. The lowest BCUT2D eigenvalue weighted by molar-refractivity contribution is 0.159. The second-order valence-corrected chi connectivity index (χ2v) is 4.19. The van der Waals surface area contributed by atoms with Crippen molar-refractivity contribution in [2.24, 2.45) is 0 Å². The number of hydrogen-bond donors (Lipinski definition) is 1. The maximum atomic E-state index is 9.56. The molecule has 0 fully saturated rings. The third-order valence-electron chi connectivity index (χ3n) is 3.02. The minimum Gasteiger partial charge on any atom is -0.393 e. The molecular formula is C14H15NO. The van der Waals surface area contributed by atoms with Gasteiger partial charge in [-0.05, 0) is 49.0 Å². The first kappa shape index (κ1) is 10.9. The summed E-state index contributed by atoms with van der Waals surface area (Å²) in [5, 5.41) is 18.3. The van der Waals surface area contributed by atoms with Crippen molar-refractivity contribution in [3.63, 3.8) is 0 Å². The maximum Gasteiger partial charge on any atom is 0.0991 e. The Bertz CT molecular complexity index is 425. The minimum atomic E-state index is -0.160. The molecular weight excluding hydrogens is 198 g/mol. The van der Waals surface area contributed by atoms with Gasteiger partial charge in [0.15, 0.2) is 0 Å². The number of aliphatic hydroxyl groups excluding tert-OH is 1. The molecule has 0 radical (unpaired) electrons. The van der Waals surface area contributed by atoms with Gasteiger partial charge in [0, 0.05) is 0 Å². The summed E-state index contributed by atoms with van der Waals surface area (Å²) in [5.74, 6) is 0. The van der Waals surface area contributed by atoms with E-state index in [1.54, 1.807) is 0 Å². The fourth-order valence-electron chi connectivity index (χ4n) is 2.04. The zero-order valence-electron chi connectivity index (χ0n) is 9.19. The van der Waals surface area contributed by atoms with Crippen molar-refractivity contribution in [1.29, 1.82) is 5.26 Å². The molecule has 1 aromatic carbocycles. The zero-order chi connectivity index (χ0) is 11.4. The number of nitrogens with zero attached hydrogens (tertiary/aromatic N) is 1. The number of nitriles is 1. The van der Waals surface area contributed by atoms with Crippen LogP contribution in [0.4, 0.5) is 0 Å². The molecule has 0 amide bonds. The highest BCUT2D eigenvalue weighted by Gasteiger charge is 2.11. The van der Waals surface area contributed by atoms with Crippen molar-refractivity contribution in [3.05, 3.63) is 41.5 Å². The topological polar surface area (TPSA) is 44.0 Å². The van der Waals surface area contributed by atoms with Crippen LogP contribution in [0.15, 0.2) is 30.3 Å². The molecule has 0 saturated carbocycles. The molecule has 82 valence electrons. The Balaban J connectivity index is 2.17. The summed E-state index contributed by atoms with van der Waals surface area (Å²) in [4.78, 5) is 0. The fourth-order valence-corrected chi connectivity index (χ4v) is 2.04. The van der Waals surface area contributed by atoms with Crippen molar-refractivity contribution in [2.75, 3.05) is 0 Å². The van der Waals surface area contributed by atoms with Crippen LogP contribution in [0.2, 0.25) is 0 Å². The van der Waals surface area contributed by atoms with Crippen LogP contribution in [0.25, 0.3) is 5.57 Å². The average molecular weight is 213 g/mol. The van der Waals surface area contributed by atoms with Crippen LogP contribution in [-0.4, -0.2) is 11.2 Å². The normalized spacial score (nSPS) is 20.8. The van der Waals surface area contributed by atoms with E-state index >= 15 is 0 Å². The molecule has 1 atom stereocenters. The molecule has 1 aliphatic carbocycles. The fraction of sp³-hybridized carbons (Fsp3) is 0.357. The number of aliphatic hydroxyl groups is 1. The zero-order valence-corrected chi connectivity index (χ0v) is 9.19. The van der Waals surface area contributed by atoms with Gasteiger partial charge in [0.1, 0.15) is 0 Å². The number of hydrogen-bond acceptors (Lipinski definition) is 2. The van der Waals surface area contributed by atoms with Crippen molar-refractivity contribution < 1.29 is 5.11 Å². The first-order chi connectivity index (χ1) is 7.79. The summed E-state index contributed by atoms with van der Waals surface area (Å²) in [7, 11) is 0. The van der Waals surface area contributed by atoms with Gasteiger partial charge >= 0.3 is 0 Å². The van der Waals surface area contributed by atoms with Gasteiger partial charge in [0.2, 0.25) is 0 Å². The van der Waals surface area contributed by atoms with E-state index < -0.39 is 0 Å². The van der Waals surface area contributed by atoms with Gasteiger partial charge < -0.3 is 5.11 Å². The first-order valence-corrected chi connectivity index (χ1v) is 5.67. The van der Waals surface area contributed by atoms with E-state index in [-0.39, 0.29) is 6.10 Å². The molecule has 1 aromatic rings. The predicted octanol–water partition coefficient (Wildman–Crippen LogP) is 2.88. The number of allylic oxidation sites excluding steroid dienone is 2. The van der Waals surface area contributed by atoms with Crippen molar-refractivity contribution in [2.45, 2.75) is 31.8 Å². The largest absolute Gasteiger partial charge is 0.393 e. The summed E-state index contributed by atoms with van der Waals surface area (Å²) in [6, 6.07) is 9.78. The van der Waals surface area contributed by atoms with Crippen LogP contribution in [0, 0.1) is 11.3 Å². The van der Waals surface area contributed by atoms with Crippen LogP contribution in [-0.2, 0) is 0 Å². The maximum absolute atomic E-state index is 9.56. The Labute approximate surface area is 95.8 Å². The average Bonchev–Trinajstić information content (AvgIpc) is 2.54. The molecule has 1 aliphatic rings. The Morgan fingerprint density at radius 3 is 2.62 bits per heavy atom. The van der Waals surface area contributed by atoms with Gasteiger partial charge in [-0.1, -0.05) is 18.2 Å². The van der Waals surface area contributed by atoms with Crippen LogP contribution < -0.4 is 0 Å².